The summed E-state index contributed by atoms with van der Waals surface area (Å²) in [6, 6.07) is 9.43. The van der Waals surface area contributed by atoms with Crippen LogP contribution in [0.2, 0.25) is 0 Å². The standard InChI is InChI=1S/C22H23N3O4S/c1-14-10-15(2)16-12-18(23-17(16)11-14)22(28)29-13-20(26)24-5-7-25(8-6-24)21(27)19-4-3-9-30-19/h3-4,9-12,23H,5-8,13H2,1-2H3. The van der Waals surface area contributed by atoms with Gasteiger partial charge in [0.1, 0.15) is 5.69 Å². The molecular weight excluding hydrogens is 402 g/mol. The maximum absolute atomic E-state index is 12.4. The minimum atomic E-state index is -0.553. The van der Waals surface area contributed by atoms with Crippen LogP contribution < -0.4 is 0 Å². The average Bonchev–Trinajstić information content (AvgIpc) is 3.41. The number of aromatic amines is 1. The van der Waals surface area contributed by atoms with E-state index in [1.165, 1.54) is 11.3 Å². The third-order valence-corrected chi connectivity index (χ3v) is 6.15. The number of benzene rings is 1. The number of fused-ring (bicyclic) bond motifs is 1. The molecule has 8 heteroatoms. The molecule has 0 aliphatic carbocycles. The quantitative estimate of drug-likeness (QED) is 0.652. The summed E-state index contributed by atoms with van der Waals surface area (Å²) in [6.45, 7) is 5.47. The molecule has 2 amide bonds. The molecule has 4 rings (SSSR count). The molecule has 3 aromatic rings. The minimum absolute atomic E-state index is 0.00660. The van der Waals surface area contributed by atoms with Gasteiger partial charge in [-0.1, -0.05) is 12.1 Å². The van der Waals surface area contributed by atoms with E-state index in [4.69, 9.17) is 4.74 Å². The summed E-state index contributed by atoms with van der Waals surface area (Å²) >= 11 is 1.41. The molecule has 7 nitrogen and oxygen atoms in total. The molecule has 30 heavy (non-hydrogen) atoms. The Morgan fingerprint density at radius 2 is 1.80 bits per heavy atom. The summed E-state index contributed by atoms with van der Waals surface area (Å²) < 4.78 is 5.24. The van der Waals surface area contributed by atoms with Gasteiger partial charge in [0, 0.05) is 37.1 Å². The second-order valence-corrected chi connectivity index (χ2v) is 8.40. The van der Waals surface area contributed by atoms with Crippen LogP contribution in [0.3, 0.4) is 0 Å². The van der Waals surface area contributed by atoms with Crippen molar-refractivity contribution in [3.8, 4) is 0 Å². The summed E-state index contributed by atoms with van der Waals surface area (Å²) in [5, 5.41) is 2.84. The first-order valence-corrected chi connectivity index (χ1v) is 10.7. The molecule has 0 spiro atoms. The molecular formula is C22H23N3O4S. The third-order valence-electron chi connectivity index (χ3n) is 5.29. The smallest absolute Gasteiger partial charge is 0.355 e. The van der Waals surface area contributed by atoms with Gasteiger partial charge in [0.05, 0.1) is 4.88 Å². The van der Waals surface area contributed by atoms with Crippen molar-refractivity contribution in [1.29, 1.82) is 0 Å². The molecule has 1 aliphatic rings. The molecule has 1 aliphatic heterocycles. The number of H-pyrrole nitrogens is 1. The molecule has 0 bridgehead atoms. The number of hydrogen-bond acceptors (Lipinski definition) is 5. The van der Waals surface area contributed by atoms with Gasteiger partial charge < -0.3 is 19.5 Å². The molecule has 3 heterocycles. The predicted octanol–water partition coefficient (Wildman–Crippen LogP) is 2.99. The van der Waals surface area contributed by atoms with Crippen molar-refractivity contribution in [2.24, 2.45) is 0 Å². The maximum Gasteiger partial charge on any atom is 0.355 e. The number of thiophene rings is 1. The molecule has 156 valence electrons. The van der Waals surface area contributed by atoms with Crippen molar-refractivity contribution in [2.75, 3.05) is 32.8 Å². The molecule has 0 radical (unpaired) electrons. The van der Waals surface area contributed by atoms with E-state index in [0.29, 0.717) is 36.8 Å². The Morgan fingerprint density at radius 1 is 1.07 bits per heavy atom. The van der Waals surface area contributed by atoms with E-state index in [2.05, 4.69) is 11.1 Å². The Morgan fingerprint density at radius 3 is 2.50 bits per heavy atom. The van der Waals surface area contributed by atoms with Crippen LogP contribution in [-0.4, -0.2) is 65.4 Å². The number of aromatic nitrogens is 1. The summed E-state index contributed by atoms with van der Waals surface area (Å²) in [5.41, 5.74) is 3.38. The van der Waals surface area contributed by atoms with Crippen LogP contribution in [0.1, 0.15) is 31.3 Å². The lowest BCUT2D eigenvalue weighted by Crippen LogP contribution is -2.51. The summed E-state index contributed by atoms with van der Waals surface area (Å²) in [5.74, 6) is -0.814. The van der Waals surface area contributed by atoms with E-state index in [9.17, 15) is 14.4 Å². The Balaban J connectivity index is 1.30. The van der Waals surface area contributed by atoms with Crippen LogP contribution in [0.5, 0.6) is 0 Å². The molecule has 1 N–H and O–H groups in total. The molecule has 1 saturated heterocycles. The van der Waals surface area contributed by atoms with Crippen LogP contribution >= 0.6 is 11.3 Å². The van der Waals surface area contributed by atoms with E-state index in [0.717, 1.165) is 22.0 Å². The number of carbonyl (C=O) groups is 3. The first-order valence-electron chi connectivity index (χ1n) is 9.80. The van der Waals surface area contributed by atoms with E-state index in [-0.39, 0.29) is 18.4 Å². The highest BCUT2D eigenvalue weighted by Gasteiger charge is 2.26. The Labute approximate surface area is 178 Å². The largest absolute Gasteiger partial charge is 0.451 e. The van der Waals surface area contributed by atoms with Crippen molar-refractivity contribution in [1.82, 2.24) is 14.8 Å². The first-order chi connectivity index (χ1) is 14.4. The topological polar surface area (TPSA) is 82.7 Å². The Kier molecular flexibility index (Phi) is 5.59. The van der Waals surface area contributed by atoms with Gasteiger partial charge in [-0.15, -0.1) is 11.3 Å². The number of nitrogens with one attached hydrogen (secondary N) is 1. The van der Waals surface area contributed by atoms with Crippen LogP contribution in [0.4, 0.5) is 0 Å². The van der Waals surface area contributed by atoms with E-state index in [1.54, 1.807) is 21.9 Å². The maximum atomic E-state index is 12.4. The lowest BCUT2D eigenvalue weighted by Gasteiger charge is -2.34. The summed E-state index contributed by atoms with van der Waals surface area (Å²) in [7, 11) is 0. The number of piperazine rings is 1. The summed E-state index contributed by atoms with van der Waals surface area (Å²) in [6.07, 6.45) is 0. The second kappa shape index (κ2) is 8.31. The number of carbonyl (C=O) groups excluding carboxylic acids is 3. The van der Waals surface area contributed by atoms with E-state index in [1.807, 2.05) is 31.4 Å². The number of esters is 1. The Hall–Kier alpha value is -3.13. The minimum Gasteiger partial charge on any atom is -0.451 e. The van der Waals surface area contributed by atoms with Gasteiger partial charge in [-0.25, -0.2) is 4.79 Å². The number of amides is 2. The fraction of sp³-hybridized carbons (Fsp3) is 0.318. The normalized spacial score (nSPS) is 14.2. The summed E-state index contributed by atoms with van der Waals surface area (Å²) in [4.78, 5) is 44.4. The van der Waals surface area contributed by atoms with Crippen molar-refractivity contribution in [3.63, 3.8) is 0 Å². The van der Waals surface area contributed by atoms with E-state index >= 15 is 0 Å². The van der Waals surface area contributed by atoms with Crippen molar-refractivity contribution in [3.05, 3.63) is 57.4 Å². The molecule has 2 aromatic heterocycles. The highest BCUT2D eigenvalue weighted by Crippen LogP contribution is 2.22. The molecule has 1 fully saturated rings. The lowest BCUT2D eigenvalue weighted by atomic mass is 10.1. The number of rotatable bonds is 4. The average molecular weight is 426 g/mol. The van der Waals surface area contributed by atoms with Gasteiger partial charge in [-0.05, 0) is 48.6 Å². The third kappa shape index (κ3) is 4.09. The predicted molar refractivity (Wildman–Crippen MR) is 115 cm³/mol. The molecule has 1 aromatic carbocycles. The van der Waals surface area contributed by atoms with Gasteiger partial charge in [0.15, 0.2) is 6.61 Å². The van der Waals surface area contributed by atoms with Crippen molar-refractivity contribution < 1.29 is 19.1 Å². The Bertz CT molecular complexity index is 1100. The number of aryl methyl sites for hydroxylation is 2. The monoisotopic (exact) mass is 425 g/mol. The zero-order valence-electron chi connectivity index (χ0n) is 16.9. The van der Waals surface area contributed by atoms with E-state index < -0.39 is 5.97 Å². The number of nitrogens with zero attached hydrogens (tertiary/aromatic N) is 2. The highest BCUT2D eigenvalue weighted by atomic mass is 32.1. The highest BCUT2D eigenvalue weighted by molar-refractivity contribution is 7.12. The fourth-order valence-electron chi connectivity index (χ4n) is 3.72. The van der Waals surface area contributed by atoms with Crippen LogP contribution in [0.25, 0.3) is 10.9 Å². The first kappa shape index (κ1) is 20.2. The van der Waals surface area contributed by atoms with Gasteiger partial charge in [0.2, 0.25) is 0 Å². The SMILES string of the molecule is Cc1cc(C)c2cc(C(=O)OCC(=O)N3CCN(C(=O)c4cccs4)CC3)[nH]c2c1. The van der Waals surface area contributed by atoms with Gasteiger partial charge in [-0.2, -0.15) is 0 Å². The fourth-order valence-corrected chi connectivity index (χ4v) is 4.41. The molecule has 0 atom stereocenters. The van der Waals surface area contributed by atoms with Crippen LogP contribution in [0.15, 0.2) is 35.7 Å². The number of ether oxygens (including phenoxy) is 1. The van der Waals surface area contributed by atoms with Crippen molar-refractivity contribution >= 4 is 40.0 Å². The zero-order valence-corrected chi connectivity index (χ0v) is 17.8. The zero-order chi connectivity index (χ0) is 21.3. The lowest BCUT2D eigenvalue weighted by molar-refractivity contribution is -0.136. The van der Waals surface area contributed by atoms with Crippen molar-refractivity contribution in [2.45, 2.75) is 13.8 Å². The van der Waals surface area contributed by atoms with Gasteiger partial charge in [0.25, 0.3) is 11.8 Å². The molecule has 0 saturated carbocycles. The molecule has 0 unspecified atom stereocenters. The van der Waals surface area contributed by atoms with Crippen LogP contribution in [0, 0.1) is 13.8 Å². The number of hydrogen-bond donors (Lipinski definition) is 1. The van der Waals surface area contributed by atoms with Gasteiger partial charge in [-0.3, -0.25) is 9.59 Å². The second-order valence-electron chi connectivity index (χ2n) is 7.45. The van der Waals surface area contributed by atoms with Gasteiger partial charge >= 0.3 is 5.97 Å². The van der Waals surface area contributed by atoms with Crippen LogP contribution in [-0.2, 0) is 9.53 Å².